The van der Waals surface area contributed by atoms with Gasteiger partial charge >= 0.3 is 0 Å². The Balaban J connectivity index is -0.000000169. The van der Waals surface area contributed by atoms with Gasteiger partial charge in [-0.1, -0.05) is 40.0 Å². The maximum atomic E-state index is 3.13. The molecule has 0 radical (unpaired) electrons. The first kappa shape index (κ1) is 19.0. The average Bonchev–Trinajstić information content (AvgIpc) is 2.17. The predicted octanol–water partition coefficient (Wildman–Crippen LogP) is 3.79. The maximum Gasteiger partial charge on any atom is -0.00519 e. The fourth-order valence-corrected chi connectivity index (χ4v) is 0.729. The van der Waals surface area contributed by atoms with Gasteiger partial charge in [-0.15, -0.1) is 0 Å². The predicted molar refractivity (Wildman–Crippen MR) is 68.9 cm³/mol. The molecule has 0 aromatic carbocycles. The van der Waals surface area contributed by atoms with E-state index in [-0.39, 0.29) is 0 Å². The van der Waals surface area contributed by atoms with Crippen molar-refractivity contribution in [2.45, 2.75) is 46.5 Å². The summed E-state index contributed by atoms with van der Waals surface area (Å²) in [5, 5.41) is 3.13. The van der Waals surface area contributed by atoms with Crippen LogP contribution in [0.15, 0.2) is 0 Å². The lowest BCUT2D eigenvalue weighted by Gasteiger charge is -1.95. The number of hydrogen-bond donors (Lipinski definition) is 1. The molecule has 0 fully saturated rings. The molecule has 0 aromatic rings. The van der Waals surface area contributed by atoms with E-state index in [0.717, 1.165) is 0 Å². The van der Waals surface area contributed by atoms with Crippen LogP contribution in [0.2, 0.25) is 0 Å². The van der Waals surface area contributed by atoms with E-state index in [0.29, 0.717) is 0 Å². The van der Waals surface area contributed by atoms with Crippen LogP contribution in [0.5, 0.6) is 0 Å². The van der Waals surface area contributed by atoms with Crippen molar-refractivity contribution in [2.75, 3.05) is 26.1 Å². The van der Waals surface area contributed by atoms with Crippen LogP contribution >= 0.6 is 11.8 Å². The number of unbranched alkanes of at least 4 members (excludes halogenated alkanes) is 3. The molecule has 0 rings (SSSR count). The van der Waals surface area contributed by atoms with E-state index < -0.39 is 0 Å². The van der Waals surface area contributed by atoms with E-state index in [1.54, 1.807) is 11.8 Å². The highest BCUT2D eigenvalue weighted by Gasteiger charge is 1.82. The summed E-state index contributed by atoms with van der Waals surface area (Å²) in [5.74, 6) is 0. The van der Waals surface area contributed by atoms with E-state index in [4.69, 9.17) is 0 Å². The molecule has 0 aliphatic carbocycles. The van der Waals surface area contributed by atoms with Crippen molar-refractivity contribution >= 4 is 11.8 Å². The van der Waals surface area contributed by atoms with Gasteiger partial charge in [-0.2, -0.15) is 11.8 Å². The molecule has 2 heteroatoms. The van der Waals surface area contributed by atoms with Crippen LogP contribution < -0.4 is 5.32 Å². The van der Waals surface area contributed by atoms with E-state index in [1.807, 2.05) is 33.4 Å². The molecule has 0 amide bonds. The van der Waals surface area contributed by atoms with Crippen LogP contribution in [-0.4, -0.2) is 26.1 Å². The Morgan fingerprint density at radius 1 is 1.00 bits per heavy atom. The first-order chi connectivity index (χ1) is 6.33. The van der Waals surface area contributed by atoms with E-state index in [9.17, 15) is 0 Å². The largest absolute Gasteiger partial charge is 0.320 e. The third-order valence-corrected chi connectivity index (χ3v) is 1.28. The van der Waals surface area contributed by atoms with Crippen molar-refractivity contribution < 1.29 is 0 Å². The van der Waals surface area contributed by atoms with Gasteiger partial charge in [-0.3, -0.25) is 0 Å². The standard InChI is InChI=1S/C7H17N.C2H6S.C2H6/c1-3-4-5-6-7-8-2;1-3-2;1-2/h8H,3-7H2,1-2H3;1-2H3;1-2H3. The van der Waals surface area contributed by atoms with Gasteiger partial charge in [-0.25, -0.2) is 0 Å². The molecule has 0 saturated carbocycles. The molecule has 0 saturated heterocycles. The van der Waals surface area contributed by atoms with Crippen molar-refractivity contribution in [1.29, 1.82) is 0 Å². The Morgan fingerprint density at radius 3 is 1.77 bits per heavy atom. The molecular weight excluding hydrogens is 178 g/mol. The van der Waals surface area contributed by atoms with Crippen LogP contribution in [-0.2, 0) is 0 Å². The lowest BCUT2D eigenvalue weighted by molar-refractivity contribution is 0.634. The monoisotopic (exact) mass is 207 g/mol. The summed E-state index contributed by atoms with van der Waals surface area (Å²) < 4.78 is 0. The van der Waals surface area contributed by atoms with Gasteiger partial charge in [0.25, 0.3) is 0 Å². The van der Waals surface area contributed by atoms with Crippen molar-refractivity contribution in [1.82, 2.24) is 5.32 Å². The van der Waals surface area contributed by atoms with Gasteiger partial charge in [0, 0.05) is 0 Å². The summed E-state index contributed by atoms with van der Waals surface area (Å²) in [6, 6.07) is 0. The average molecular weight is 207 g/mol. The molecule has 0 aliphatic rings. The van der Waals surface area contributed by atoms with Gasteiger partial charge in [0.1, 0.15) is 0 Å². The molecule has 0 bridgehead atoms. The fourth-order valence-electron chi connectivity index (χ4n) is 0.729. The third-order valence-electron chi connectivity index (χ3n) is 1.28. The van der Waals surface area contributed by atoms with E-state index in [1.165, 1.54) is 32.2 Å². The lowest BCUT2D eigenvalue weighted by atomic mass is 10.2. The fraction of sp³-hybridized carbons (Fsp3) is 1.00. The quantitative estimate of drug-likeness (QED) is 0.688. The minimum Gasteiger partial charge on any atom is -0.320 e. The zero-order valence-electron chi connectivity index (χ0n) is 10.4. The molecule has 0 aliphatic heterocycles. The highest BCUT2D eigenvalue weighted by molar-refractivity contribution is 7.97. The van der Waals surface area contributed by atoms with Crippen molar-refractivity contribution in [3.05, 3.63) is 0 Å². The number of hydrogen-bond acceptors (Lipinski definition) is 2. The molecule has 84 valence electrons. The number of rotatable bonds is 5. The van der Waals surface area contributed by atoms with Crippen LogP contribution in [0.1, 0.15) is 46.5 Å². The Bertz CT molecular complexity index is 43.4. The summed E-state index contributed by atoms with van der Waals surface area (Å²) in [4.78, 5) is 0. The van der Waals surface area contributed by atoms with Gasteiger partial charge in [0.2, 0.25) is 0 Å². The SMILES string of the molecule is CC.CCCCCCNC.CSC. The minimum absolute atomic E-state index is 1.18. The maximum absolute atomic E-state index is 3.13. The van der Waals surface area contributed by atoms with Crippen molar-refractivity contribution in [3.63, 3.8) is 0 Å². The zero-order chi connectivity index (χ0) is 10.9. The Hall–Kier alpha value is 0.310. The molecule has 0 spiro atoms. The highest BCUT2D eigenvalue weighted by Crippen LogP contribution is 1.96. The van der Waals surface area contributed by atoms with Crippen molar-refractivity contribution in [2.24, 2.45) is 0 Å². The van der Waals surface area contributed by atoms with Crippen LogP contribution in [0.25, 0.3) is 0 Å². The van der Waals surface area contributed by atoms with Crippen LogP contribution in [0.3, 0.4) is 0 Å². The molecule has 0 aromatic heterocycles. The molecule has 0 unspecified atom stereocenters. The lowest BCUT2D eigenvalue weighted by Crippen LogP contribution is -2.06. The smallest absolute Gasteiger partial charge is 0.00519 e. The number of thioether (sulfide) groups is 1. The normalized spacial score (nSPS) is 7.85. The summed E-state index contributed by atoms with van der Waals surface area (Å²) in [7, 11) is 2.01. The third kappa shape index (κ3) is 46.4. The van der Waals surface area contributed by atoms with Gasteiger partial charge in [0.15, 0.2) is 0 Å². The second kappa shape index (κ2) is 29.5. The van der Waals surface area contributed by atoms with Crippen LogP contribution in [0.4, 0.5) is 0 Å². The van der Waals surface area contributed by atoms with Gasteiger partial charge in [-0.05, 0) is 32.5 Å². The van der Waals surface area contributed by atoms with Crippen LogP contribution in [0, 0.1) is 0 Å². The molecule has 0 atom stereocenters. The Kier molecular flexibility index (Phi) is 43.0. The second-order valence-corrected chi connectivity index (χ2v) is 3.39. The summed E-state index contributed by atoms with van der Waals surface area (Å²) in [5.41, 5.74) is 0. The van der Waals surface area contributed by atoms with Gasteiger partial charge < -0.3 is 5.32 Å². The highest BCUT2D eigenvalue weighted by atomic mass is 32.2. The topological polar surface area (TPSA) is 12.0 Å². The van der Waals surface area contributed by atoms with E-state index in [2.05, 4.69) is 12.2 Å². The molecule has 1 nitrogen and oxygen atoms in total. The first-order valence-corrected chi connectivity index (χ1v) is 7.01. The first-order valence-electron chi connectivity index (χ1n) is 5.38. The molecule has 0 heterocycles. The van der Waals surface area contributed by atoms with Crippen molar-refractivity contribution in [3.8, 4) is 0 Å². The Labute approximate surface area is 90.1 Å². The second-order valence-electron chi connectivity index (χ2n) is 2.57. The minimum atomic E-state index is 1.18. The zero-order valence-corrected chi connectivity index (χ0v) is 11.3. The van der Waals surface area contributed by atoms with E-state index >= 15 is 0 Å². The molecule has 13 heavy (non-hydrogen) atoms. The Morgan fingerprint density at radius 2 is 1.46 bits per heavy atom. The number of nitrogens with one attached hydrogen (secondary N) is 1. The summed E-state index contributed by atoms with van der Waals surface area (Å²) >= 11 is 1.75. The molecule has 1 N–H and O–H groups in total. The summed E-state index contributed by atoms with van der Waals surface area (Å²) in [6.07, 6.45) is 9.53. The molecular formula is C11H29NS. The van der Waals surface area contributed by atoms with Gasteiger partial charge in [0.05, 0.1) is 0 Å². The summed E-state index contributed by atoms with van der Waals surface area (Å²) in [6.45, 7) is 7.42.